The summed E-state index contributed by atoms with van der Waals surface area (Å²) >= 11 is 0. The summed E-state index contributed by atoms with van der Waals surface area (Å²) in [6, 6.07) is -1.54. The molecule has 0 radical (unpaired) electrons. The second kappa shape index (κ2) is 43.6. The Balaban J connectivity index is 4.43. The van der Waals surface area contributed by atoms with Crippen LogP contribution >= 0.6 is 7.82 Å². The van der Waals surface area contributed by atoms with Crippen LogP contribution in [-0.2, 0) is 37.5 Å². The fourth-order valence-electron chi connectivity index (χ4n) is 6.09. The van der Waals surface area contributed by atoms with E-state index in [1.807, 2.05) is 18.2 Å². The van der Waals surface area contributed by atoms with Crippen molar-refractivity contribution < 1.29 is 47.5 Å². The van der Waals surface area contributed by atoms with Crippen molar-refractivity contribution in [2.24, 2.45) is 5.73 Å². The molecular formula is C49H84NO10P. The van der Waals surface area contributed by atoms with Crippen molar-refractivity contribution >= 4 is 25.7 Å². The molecule has 0 rings (SSSR count). The van der Waals surface area contributed by atoms with Gasteiger partial charge >= 0.3 is 25.7 Å². The van der Waals surface area contributed by atoms with Gasteiger partial charge in [0.15, 0.2) is 6.10 Å². The van der Waals surface area contributed by atoms with Gasteiger partial charge in [0.2, 0.25) is 0 Å². The van der Waals surface area contributed by atoms with E-state index in [2.05, 4.69) is 73.1 Å². The Morgan fingerprint density at radius 3 is 1.34 bits per heavy atom. The average molecular weight is 878 g/mol. The Morgan fingerprint density at radius 1 is 0.525 bits per heavy atom. The van der Waals surface area contributed by atoms with E-state index >= 15 is 0 Å². The van der Waals surface area contributed by atoms with E-state index < -0.39 is 51.1 Å². The molecule has 0 saturated carbocycles. The van der Waals surface area contributed by atoms with Gasteiger partial charge in [-0.2, -0.15) is 0 Å². The van der Waals surface area contributed by atoms with Crippen LogP contribution in [0.25, 0.3) is 0 Å². The van der Waals surface area contributed by atoms with Crippen LogP contribution in [0.5, 0.6) is 0 Å². The zero-order valence-electron chi connectivity index (χ0n) is 38.0. The highest BCUT2D eigenvalue weighted by Gasteiger charge is 2.28. The highest BCUT2D eigenvalue weighted by atomic mass is 31.2. The molecule has 0 saturated heterocycles. The van der Waals surface area contributed by atoms with Crippen molar-refractivity contribution in [2.75, 3.05) is 19.8 Å². The van der Waals surface area contributed by atoms with Gasteiger partial charge in [0.1, 0.15) is 12.6 Å². The zero-order valence-corrected chi connectivity index (χ0v) is 38.9. The third-order valence-electron chi connectivity index (χ3n) is 9.73. The van der Waals surface area contributed by atoms with Crippen LogP contribution in [0.15, 0.2) is 72.9 Å². The summed E-state index contributed by atoms with van der Waals surface area (Å²) in [5.41, 5.74) is 5.34. The highest BCUT2D eigenvalue weighted by Crippen LogP contribution is 2.43. The van der Waals surface area contributed by atoms with Crippen LogP contribution in [0.4, 0.5) is 0 Å². The van der Waals surface area contributed by atoms with Crippen molar-refractivity contribution in [2.45, 2.75) is 199 Å². The van der Waals surface area contributed by atoms with Crippen LogP contribution in [0.1, 0.15) is 187 Å². The molecule has 3 atom stereocenters. The molecule has 11 nitrogen and oxygen atoms in total. The number of carboxylic acid groups (broad SMARTS) is 1. The Labute approximate surface area is 370 Å². The number of hydrogen-bond donors (Lipinski definition) is 3. The van der Waals surface area contributed by atoms with Crippen LogP contribution in [0.3, 0.4) is 0 Å². The molecule has 3 unspecified atom stereocenters. The minimum absolute atomic E-state index is 0.0344. The summed E-state index contributed by atoms with van der Waals surface area (Å²) in [5.74, 6) is -2.49. The van der Waals surface area contributed by atoms with E-state index in [0.29, 0.717) is 19.3 Å². The van der Waals surface area contributed by atoms with Crippen LogP contribution in [0, 0.1) is 0 Å². The number of rotatable bonds is 43. The van der Waals surface area contributed by atoms with Crippen LogP contribution in [-0.4, -0.2) is 59.9 Å². The van der Waals surface area contributed by atoms with Crippen molar-refractivity contribution in [1.29, 1.82) is 0 Å². The molecule has 0 aromatic rings. The molecule has 0 bridgehead atoms. The number of phosphoric ester groups is 1. The van der Waals surface area contributed by atoms with Crippen molar-refractivity contribution in [3.63, 3.8) is 0 Å². The molecule has 4 N–H and O–H groups in total. The molecule has 0 spiro atoms. The molecular weight excluding hydrogens is 794 g/mol. The number of nitrogens with two attached hydrogens (primary N) is 1. The predicted molar refractivity (Wildman–Crippen MR) is 249 cm³/mol. The molecule has 0 aromatic heterocycles. The third kappa shape index (κ3) is 43.4. The van der Waals surface area contributed by atoms with Gasteiger partial charge in [-0.3, -0.25) is 23.4 Å². The topological polar surface area (TPSA) is 172 Å². The van der Waals surface area contributed by atoms with E-state index in [4.69, 9.17) is 24.8 Å². The number of esters is 2. The first kappa shape index (κ1) is 57.9. The SMILES string of the molecule is CC/C=C\C/C=C\C/C=C\C/C=C\C/C=C\C/C=C\CCC(=O)OC(COC(=O)CCCCCCCCCCCCCCCCCCCC)COP(=O)(O)OCC(N)C(=O)O. The number of phosphoric acid groups is 1. The van der Waals surface area contributed by atoms with Gasteiger partial charge in [-0.1, -0.05) is 196 Å². The van der Waals surface area contributed by atoms with Crippen molar-refractivity contribution in [3.8, 4) is 0 Å². The maximum atomic E-state index is 12.6. The van der Waals surface area contributed by atoms with Crippen molar-refractivity contribution in [3.05, 3.63) is 72.9 Å². The van der Waals surface area contributed by atoms with Crippen LogP contribution in [0.2, 0.25) is 0 Å². The molecule has 0 aliphatic carbocycles. The lowest BCUT2D eigenvalue weighted by molar-refractivity contribution is -0.161. The second-order valence-corrected chi connectivity index (χ2v) is 17.0. The highest BCUT2D eigenvalue weighted by molar-refractivity contribution is 7.47. The summed E-state index contributed by atoms with van der Waals surface area (Å²) in [6.07, 6.45) is 52.7. The van der Waals surface area contributed by atoms with Gasteiger partial charge in [0.05, 0.1) is 13.2 Å². The van der Waals surface area contributed by atoms with Gasteiger partial charge < -0.3 is 25.2 Å². The molecule has 0 amide bonds. The molecule has 61 heavy (non-hydrogen) atoms. The molecule has 0 fully saturated rings. The first-order valence-corrected chi connectivity index (χ1v) is 25.0. The standard InChI is InChI=1S/C49H84NO10P/c1-3-5-7-9-11-13-15-17-19-21-23-25-27-29-31-33-35-37-39-41-48(52)60-45(43-58-61(55,56)59-44-46(50)49(53)54)42-57-47(51)40-38-36-34-32-30-28-26-24-22-20-18-16-14-12-10-8-6-4-2/h5,7,11,13,17,19,23,25,29,31,35,37,45-46H,3-4,6,8-10,12,14-16,18,20-22,24,26-28,30,32-34,36,38-44,50H2,1-2H3,(H,53,54)(H,55,56)/b7-5-,13-11-,19-17-,25-23-,31-29-,37-35-. The quantitative estimate of drug-likeness (QED) is 0.0230. The van der Waals surface area contributed by atoms with Crippen LogP contribution < -0.4 is 5.73 Å². The number of ether oxygens (including phenoxy) is 2. The number of carboxylic acids is 1. The van der Waals surface area contributed by atoms with E-state index in [1.165, 1.54) is 89.9 Å². The maximum absolute atomic E-state index is 12.6. The molecule has 0 heterocycles. The summed E-state index contributed by atoms with van der Waals surface area (Å²) in [4.78, 5) is 46.0. The summed E-state index contributed by atoms with van der Waals surface area (Å²) < 4.78 is 32.7. The van der Waals surface area contributed by atoms with Gasteiger partial charge in [0, 0.05) is 12.8 Å². The Hall–Kier alpha value is -3.08. The maximum Gasteiger partial charge on any atom is 0.472 e. The van der Waals surface area contributed by atoms with E-state index in [0.717, 1.165) is 51.4 Å². The molecule has 0 aliphatic heterocycles. The lowest BCUT2D eigenvalue weighted by atomic mass is 10.0. The Morgan fingerprint density at radius 2 is 0.918 bits per heavy atom. The summed E-state index contributed by atoms with van der Waals surface area (Å²) in [6.45, 7) is 2.63. The second-order valence-electron chi connectivity index (χ2n) is 15.5. The lowest BCUT2D eigenvalue weighted by Crippen LogP contribution is -2.34. The predicted octanol–water partition coefficient (Wildman–Crippen LogP) is 12.9. The fourth-order valence-corrected chi connectivity index (χ4v) is 6.87. The monoisotopic (exact) mass is 878 g/mol. The number of carbonyl (C=O) groups excluding carboxylic acids is 2. The van der Waals surface area contributed by atoms with Gasteiger partial charge in [0.25, 0.3) is 0 Å². The van der Waals surface area contributed by atoms with Crippen molar-refractivity contribution in [1.82, 2.24) is 0 Å². The van der Waals surface area contributed by atoms with Gasteiger partial charge in [-0.15, -0.1) is 0 Å². The molecule has 350 valence electrons. The largest absolute Gasteiger partial charge is 0.480 e. The fraction of sp³-hybridized carbons (Fsp3) is 0.694. The van der Waals surface area contributed by atoms with E-state index in [-0.39, 0.29) is 19.4 Å². The number of allylic oxidation sites excluding steroid dienone is 12. The number of carbonyl (C=O) groups is 3. The van der Waals surface area contributed by atoms with Gasteiger partial charge in [-0.25, -0.2) is 4.57 Å². The summed E-state index contributed by atoms with van der Waals surface area (Å²) in [7, 11) is -4.74. The normalized spacial score (nSPS) is 14.3. The Bertz CT molecular complexity index is 1310. The number of unbranched alkanes of at least 4 members (excludes halogenated alkanes) is 17. The number of hydrogen-bond acceptors (Lipinski definition) is 9. The van der Waals surface area contributed by atoms with Gasteiger partial charge in [-0.05, 0) is 51.4 Å². The first-order valence-electron chi connectivity index (χ1n) is 23.5. The molecule has 0 aliphatic rings. The Kier molecular flexibility index (Phi) is 41.4. The average Bonchev–Trinajstić information content (AvgIpc) is 3.24. The minimum atomic E-state index is -4.74. The molecule has 0 aromatic carbocycles. The molecule has 12 heteroatoms. The number of aliphatic carboxylic acids is 1. The first-order chi connectivity index (χ1) is 29.6. The lowest BCUT2D eigenvalue weighted by Gasteiger charge is -2.20. The van der Waals surface area contributed by atoms with E-state index in [9.17, 15) is 23.8 Å². The zero-order chi connectivity index (χ0) is 44.9. The summed E-state index contributed by atoms with van der Waals surface area (Å²) in [5, 5.41) is 8.90. The minimum Gasteiger partial charge on any atom is -0.480 e. The third-order valence-corrected chi connectivity index (χ3v) is 10.7. The van der Waals surface area contributed by atoms with E-state index in [1.54, 1.807) is 0 Å². The smallest absolute Gasteiger partial charge is 0.472 e.